The Morgan fingerprint density at radius 3 is 2.70 bits per heavy atom. The van der Waals surface area contributed by atoms with E-state index in [1.54, 1.807) is 36.7 Å². The van der Waals surface area contributed by atoms with Crippen molar-refractivity contribution < 1.29 is 9.59 Å². The van der Waals surface area contributed by atoms with Crippen LogP contribution in [0.2, 0.25) is 0 Å². The second-order valence-electron chi connectivity index (χ2n) is 5.19. The maximum Gasteiger partial charge on any atom is 0.258 e. The van der Waals surface area contributed by atoms with Gasteiger partial charge in [0.1, 0.15) is 5.01 Å². The molecule has 3 aromatic rings. The van der Waals surface area contributed by atoms with Crippen molar-refractivity contribution >= 4 is 57.1 Å². The molecule has 0 unspecified atom stereocenters. The number of amides is 2. The highest BCUT2D eigenvalue weighted by molar-refractivity contribution is 14.1. The maximum atomic E-state index is 12.3. The number of aromatic nitrogens is 3. The van der Waals surface area contributed by atoms with Gasteiger partial charge in [-0.25, -0.2) is 5.43 Å². The summed E-state index contributed by atoms with van der Waals surface area (Å²) in [6.45, 7) is 0. The molecule has 0 aliphatic carbocycles. The summed E-state index contributed by atoms with van der Waals surface area (Å²) in [4.78, 5) is 28.1. The number of halogens is 1. The topological polar surface area (TPSA) is 109 Å². The van der Waals surface area contributed by atoms with E-state index in [0.29, 0.717) is 15.7 Å². The molecular formula is C17H13IN6O2S. The van der Waals surface area contributed by atoms with E-state index in [9.17, 15) is 9.59 Å². The van der Waals surface area contributed by atoms with Gasteiger partial charge < -0.3 is 0 Å². The monoisotopic (exact) mass is 492 g/mol. The summed E-state index contributed by atoms with van der Waals surface area (Å²) >= 11 is 3.24. The highest BCUT2D eigenvalue weighted by Crippen LogP contribution is 2.18. The van der Waals surface area contributed by atoms with E-state index in [4.69, 9.17) is 0 Å². The van der Waals surface area contributed by atoms with Crippen LogP contribution in [0.15, 0.2) is 53.9 Å². The lowest BCUT2D eigenvalue weighted by molar-refractivity contribution is -0.120. The highest BCUT2D eigenvalue weighted by Gasteiger charge is 2.14. The molecule has 2 aromatic heterocycles. The molecule has 136 valence electrons. The fourth-order valence-electron chi connectivity index (χ4n) is 1.99. The maximum absolute atomic E-state index is 12.3. The van der Waals surface area contributed by atoms with Gasteiger partial charge in [-0.1, -0.05) is 23.5 Å². The number of pyridine rings is 1. The van der Waals surface area contributed by atoms with Crippen LogP contribution in [0.5, 0.6) is 0 Å². The zero-order valence-electron chi connectivity index (χ0n) is 13.8. The minimum absolute atomic E-state index is 0.0180. The molecule has 0 bridgehead atoms. The van der Waals surface area contributed by atoms with Gasteiger partial charge in [0.25, 0.3) is 5.91 Å². The number of carbonyl (C=O) groups is 2. The van der Waals surface area contributed by atoms with Crippen molar-refractivity contribution in [3.05, 3.63) is 68.5 Å². The van der Waals surface area contributed by atoms with Gasteiger partial charge in [0.15, 0.2) is 0 Å². The molecular weight excluding hydrogens is 479 g/mol. The Morgan fingerprint density at radius 1 is 1.15 bits per heavy atom. The molecule has 1 aromatic carbocycles. The third-order valence-electron chi connectivity index (χ3n) is 3.23. The van der Waals surface area contributed by atoms with E-state index < -0.39 is 0 Å². The molecule has 2 N–H and O–H groups in total. The molecule has 27 heavy (non-hydrogen) atoms. The standard InChI is InChI=1S/C17H13IN6O2S/c18-13-4-2-1-3-12(13)16(26)21-17-24-23-15(27-17)9-14(25)22-20-10-11-5-7-19-8-6-11/h1-8,10H,9H2,(H,22,25)(H,21,24,26)/b20-10-. The number of nitrogens with one attached hydrogen (secondary N) is 2. The van der Waals surface area contributed by atoms with Crippen LogP contribution in [0, 0.1) is 3.57 Å². The van der Waals surface area contributed by atoms with Gasteiger partial charge >= 0.3 is 0 Å². The number of carbonyl (C=O) groups excluding carboxylic acids is 2. The summed E-state index contributed by atoms with van der Waals surface area (Å²) in [7, 11) is 0. The van der Waals surface area contributed by atoms with Crippen LogP contribution >= 0.6 is 33.9 Å². The van der Waals surface area contributed by atoms with Gasteiger partial charge in [-0.2, -0.15) is 5.10 Å². The SMILES string of the molecule is O=C(Cc1nnc(NC(=O)c2ccccc2I)s1)N/N=C\c1ccncc1. The molecule has 8 nitrogen and oxygen atoms in total. The molecule has 10 heteroatoms. The van der Waals surface area contributed by atoms with Crippen LogP contribution < -0.4 is 10.7 Å². The quantitative estimate of drug-likeness (QED) is 0.312. The van der Waals surface area contributed by atoms with Crippen molar-refractivity contribution in [2.75, 3.05) is 5.32 Å². The van der Waals surface area contributed by atoms with Gasteiger partial charge in [-0.05, 0) is 52.4 Å². The molecule has 2 amide bonds. The lowest BCUT2D eigenvalue weighted by atomic mass is 10.2. The zero-order chi connectivity index (χ0) is 19.1. The minimum Gasteiger partial charge on any atom is -0.296 e. The molecule has 0 aliphatic rings. The number of nitrogens with zero attached hydrogens (tertiary/aromatic N) is 4. The lowest BCUT2D eigenvalue weighted by Crippen LogP contribution is -2.19. The first kappa shape index (κ1) is 19.0. The first-order chi connectivity index (χ1) is 13.1. The van der Waals surface area contributed by atoms with Gasteiger partial charge in [-0.15, -0.1) is 10.2 Å². The highest BCUT2D eigenvalue weighted by atomic mass is 127. The number of hydrogen-bond donors (Lipinski definition) is 2. The molecule has 0 fully saturated rings. The third kappa shape index (κ3) is 5.62. The van der Waals surface area contributed by atoms with E-state index in [0.717, 1.165) is 20.5 Å². The number of rotatable bonds is 6. The van der Waals surface area contributed by atoms with Crippen LogP contribution in [-0.4, -0.2) is 33.2 Å². The second-order valence-corrected chi connectivity index (χ2v) is 7.41. The van der Waals surface area contributed by atoms with Crippen molar-refractivity contribution in [3.63, 3.8) is 0 Å². The summed E-state index contributed by atoms with van der Waals surface area (Å²) in [5.41, 5.74) is 3.80. The van der Waals surface area contributed by atoms with Gasteiger partial charge in [0.05, 0.1) is 18.2 Å². The Bertz CT molecular complexity index is 976. The van der Waals surface area contributed by atoms with Crippen molar-refractivity contribution in [2.45, 2.75) is 6.42 Å². The predicted octanol–water partition coefficient (Wildman–Crippen LogP) is 2.48. The number of benzene rings is 1. The van der Waals surface area contributed by atoms with E-state index in [2.05, 4.69) is 53.6 Å². The Labute approximate surface area is 172 Å². The van der Waals surface area contributed by atoms with Crippen molar-refractivity contribution in [2.24, 2.45) is 5.10 Å². The molecule has 0 radical (unpaired) electrons. The largest absolute Gasteiger partial charge is 0.296 e. The lowest BCUT2D eigenvalue weighted by Gasteiger charge is -2.02. The molecule has 0 saturated heterocycles. The summed E-state index contributed by atoms with van der Waals surface area (Å²) in [6, 6.07) is 10.8. The average Bonchev–Trinajstić information content (AvgIpc) is 3.09. The second kappa shape index (κ2) is 9.28. The number of hydrazone groups is 1. The smallest absolute Gasteiger partial charge is 0.258 e. The third-order valence-corrected chi connectivity index (χ3v) is 5.01. The average molecular weight is 492 g/mol. The van der Waals surface area contributed by atoms with Crippen molar-refractivity contribution in [1.29, 1.82) is 0 Å². The predicted molar refractivity (Wildman–Crippen MR) is 111 cm³/mol. The van der Waals surface area contributed by atoms with Crippen LogP contribution in [0.1, 0.15) is 20.9 Å². The first-order valence-electron chi connectivity index (χ1n) is 7.72. The summed E-state index contributed by atoms with van der Waals surface area (Å²) in [6.07, 6.45) is 4.81. The molecule has 3 rings (SSSR count). The van der Waals surface area contributed by atoms with Gasteiger partial charge in [0.2, 0.25) is 11.0 Å². The Kier molecular flexibility index (Phi) is 6.54. The number of anilines is 1. The number of hydrogen-bond acceptors (Lipinski definition) is 7. The molecule has 2 heterocycles. The van der Waals surface area contributed by atoms with Gasteiger partial charge in [0, 0.05) is 16.0 Å². The van der Waals surface area contributed by atoms with E-state index in [-0.39, 0.29) is 18.2 Å². The van der Waals surface area contributed by atoms with Crippen molar-refractivity contribution in [1.82, 2.24) is 20.6 Å². The Balaban J connectivity index is 1.53. The van der Waals surface area contributed by atoms with E-state index in [1.165, 1.54) is 6.21 Å². The summed E-state index contributed by atoms with van der Waals surface area (Å²) in [5.74, 6) is -0.596. The Hall–Kier alpha value is -2.73. The molecule has 0 atom stereocenters. The van der Waals surface area contributed by atoms with E-state index >= 15 is 0 Å². The van der Waals surface area contributed by atoms with E-state index in [1.807, 2.05) is 12.1 Å². The Morgan fingerprint density at radius 2 is 1.93 bits per heavy atom. The molecule has 0 saturated carbocycles. The summed E-state index contributed by atoms with van der Waals surface area (Å²) in [5, 5.41) is 15.2. The fourth-order valence-corrected chi connectivity index (χ4v) is 3.36. The first-order valence-corrected chi connectivity index (χ1v) is 9.61. The van der Waals surface area contributed by atoms with Gasteiger partial charge in [-0.3, -0.25) is 19.9 Å². The minimum atomic E-state index is -0.327. The zero-order valence-corrected chi connectivity index (χ0v) is 16.8. The van der Waals surface area contributed by atoms with Crippen LogP contribution in [0.4, 0.5) is 5.13 Å². The van der Waals surface area contributed by atoms with Crippen LogP contribution in [0.25, 0.3) is 0 Å². The van der Waals surface area contributed by atoms with Crippen LogP contribution in [0.3, 0.4) is 0 Å². The molecule has 0 spiro atoms. The fraction of sp³-hybridized carbons (Fsp3) is 0.0588. The van der Waals surface area contributed by atoms with Crippen molar-refractivity contribution in [3.8, 4) is 0 Å². The van der Waals surface area contributed by atoms with Crippen LogP contribution in [-0.2, 0) is 11.2 Å². The summed E-state index contributed by atoms with van der Waals surface area (Å²) < 4.78 is 0.837. The normalized spacial score (nSPS) is 10.7. The molecule has 0 aliphatic heterocycles.